The minimum absolute atomic E-state index is 0.670. The normalized spacial score (nSPS) is 16.5. The minimum Gasteiger partial charge on any atom is -0.316 e. The predicted octanol–water partition coefficient (Wildman–Crippen LogP) is 2.76. The molecule has 0 aromatic rings. The summed E-state index contributed by atoms with van der Waals surface area (Å²) in [6.07, 6.45) is 1.28. The third kappa shape index (κ3) is 5.04. The molecule has 2 heteroatoms. The van der Waals surface area contributed by atoms with Gasteiger partial charge in [-0.25, -0.2) is 0 Å². The lowest BCUT2D eigenvalue weighted by atomic mass is 10.1. The number of rotatable bonds is 6. The van der Waals surface area contributed by atoms with Crippen LogP contribution in [0.1, 0.15) is 34.1 Å². The van der Waals surface area contributed by atoms with E-state index in [4.69, 9.17) is 0 Å². The van der Waals surface area contributed by atoms with E-state index in [0.717, 1.165) is 11.2 Å². The summed E-state index contributed by atoms with van der Waals surface area (Å²) in [6, 6.07) is 0.670. The second-order valence-corrected chi connectivity index (χ2v) is 5.16. The van der Waals surface area contributed by atoms with E-state index >= 15 is 0 Å². The third-order valence-corrected chi connectivity index (χ3v) is 3.76. The molecule has 1 N–H and O–H groups in total. The second kappa shape index (κ2) is 6.79. The summed E-state index contributed by atoms with van der Waals surface area (Å²) in [6.45, 7) is 9.11. The van der Waals surface area contributed by atoms with Crippen molar-refractivity contribution in [2.75, 3.05) is 12.8 Å². The first-order valence-corrected chi connectivity index (χ1v) is 5.95. The van der Waals surface area contributed by atoms with Gasteiger partial charge < -0.3 is 5.32 Å². The van der Waals surface area contributed by atoms with Crippen molar-refractivity contribution in [2.24, 2.45) is 5.92 Å². The Hall–Kier alpha value is 0.310. The average Bonchev–Trinajstić information content (AvgIpc) is 2.04. The van der Waals surface area contributed by atoms with Crippen LogP contribution >= 0.6 is 11.8 Å². The van der Waals surface area contributed by atoms with E-state index in [0.29, 0.717) is 6.04 Å². The van der Waals surface area contributed by atoms with E-state index in [9.17, 15) is 0 Å². The van der Waals surface area contributed by atoms with E-state index in [-0.39, 0.29) is 0 Å². The van der Waals surface area contributed by atoms with Gasteiger partial charge in [0.15, 0.2) is 0 Å². The maximum absolute atomic E-state index is 3.36. The van der Waals surface area contributed by atoms with Gasteiger partial charge in [-0.15, -0.1) is 0 Å². The highest BCUT2D eigenvalue weighted by Gasteiger charge is 2.11. The van der Waals surface area contributed by atoms with Crippen LogP contribution in [-0.2, 0) is 0 Å². The summed E-state index contributed by atoms with van der Waals surface area (Å²) < 4.78 is 0. The van der Waals surface area contributed by atoms with Crippen molar-refractivity contribution < 1.29 is 0 Å². The molecule has 0 heterocycles. The Kier molecular flexibility index (Phi) is 6.96. The highest BCUT2D eigenvalue weighted by Crippen LogP contribution is 2.17. The standard InChI is InChI=1S/C10H23NS/c1-6-9(4)12-7-10(11-5)8(2)3/h8-11H,6-7H2,1-5H3. The Morgan fingerprint density at radius 1 is 1.25 bits per heavy atom. The molecule has 0 aromatic carbocycles. The summed E-state index contributed by atoms with van der Waals surface area (Å²) in [5, 5.41) is 4.17. The van der Waals surface area contributed by atoms with Crippen molar-refractivity contribution in [3.63, 3.8) is 0 Å². The van der Waals surface area contributed by atoms with Gasteiger partial charge in [-0.3, -0.25) is 0 Å². The molecule has 12 heavy (non-hydrogen) atoms. The van der Waals surface area contributed by atoms with Crippen LogP contribution in [0, 0.1) is 5.92 Å². The number of thioether (sulfide) groups is 1. The predicted molar refractivity (Wildman–Crippen MR) is 59.9 cm³/mol. The van der Waals surface area contributed by atoms with Crippen molar-refractivity contribution in [1.82, 2.24) is 5.32 Å². The molecule has 0 aliphatic heterocycles. The summed E-state index contributed by atoms with van der Waals surface area (Å²) in [5.74, 6) is 1.98. The molecule has 0 aliphatic carbocycles. The van der Waals surface area contributed by atoms with Crippen LogP contribution in [0.25, 0.3) is 0 Å². The Morgan fingerprint density at radius 2 is 1.83 bits per heavy atom. The Balaban J connectivity index is 3.58. The Bertz CT molecular complexity index is 104. The zero-order valence-corrected chi connectivity index (χ0v) is 9.87. The highest BCUT2D eigenvalue weighted by atomic mass is 32.2. The number of hydrogen-bond acceptors (Lipinski definition) is 2. The topological polar surface area (TPSA) is 12.0 Å². The molecule has 0 saturated carbocycles. The fraction of sp³-hybridized carbons (Fsp3) is 1.00. The van der Waals surface area contributed by atoms with Gasteiger partial charge in [0.1, 0.15) is 0 Å². The maximum Gasteiger partial charge on any atom is 0.0178 e. The van der Waals surface area contributed by atoms with Gasteiger partial charge in [0.2, 0.25) is 0 Å². The highest BCUT2D eigenvalue weighted by molar-refractivity contribution is 7.99. The molecular weight excluding hydrogens is 166 g/mol. The average molecular weight is 189 g/mol. The van der Waals surface area contributed by atoms with Crippen LogP contribution < -0.4 is 5.32 Å². The molecule has 0 aromatic heterocycles. The van der Waals surface area contributed by atoms with Crippen molar-refractivity contribution >= 4 is 11.8 Å². The largest absolute Gasteiger partial charge is 0.316 e. The van der Waals surface area contributed by atoms with Crippen LogP contribution in [0.4, 0.5) is 0 Å². The van der Waals surface area contributed by atoms with Gasteiger partial charge in [-0.05, 0) is 19.4 Å². The Morgan fingerprint density at radius 3 is 2.17 bits per heavy atom. The van der Waals surface area contributed by atoms with Gasteiger partial charge in [-0.2, -0.15) is 11.8 Å². The van der Waals surface area contributed by atoms with Crippen LogP contribution in [0.3, 0.4) is 0 Å². The maximum atomic E-state index is 3.36. The molecule has 0 amide bonds. The second-order valence-electron chi connectivity index (χ2n) is 3.69. The first-order valence-electron chi connectivity index (χ1n) is 4.90. The smallest absolute Gasteiger partial charge is 0.0178 e. The molecule has 0 saturated heterocycles. The Labute approximate surface area is 81.7 Å². The summed E-state index contributed by atoms with van der Waals surface area (Å²) in [5.41, 5.74) is 0. The van der Waals surface area contributed by atoms with Gasteiger partial charge >= 0.3 is 0 Å². The van der Waals surface area contributed by atoms with Crippen LogP contribution in [0.2, 0.25) is 0 Å². The van der Waals surface area contributed by atoms with Gasteiger partial charge in [-0.1, -0.05) is 27.7 Å². The molecule has 0 spiro atoms. The van der Waals surface area contributed by atoms with Gasteiger partial charge in [0, 0.05) is 17.0 Å². The van der Waals surface area contributed by atoms with Crippen LogP contribution in [0.15, 0.2) is 0 Å². The van der Waals surface area contributed by atoms with E-state index in [1.807, 2.05) is 0 Å². The van der Waals surface area contributed by atoms with Crippen molar-refractivity contribution in [2.45, 2.75) is 45.4 Å². The first-order chi connectivity index (χ1) is 5.61. The molecule has 0 bridgehead atoms. The van der Waals surface area contributed by atoms with Gasteiger partial charge in [0.25, 0.3) is 0 Å². The zero-order chi connectivity index (χ0) is 9.56. The van der Waals surface area contributed by atoms with E-state index in [1.54, 1.807) is 0 Å². The SMILES string of the molecule is CCC(C)SCC(NC)C(C)C. The summed E-state index contributed by atoms with van der Waals surface area (Å²) in [7, 11) is 2.06. The first kappa shape index (κ1) is 12.3. The summed E-state index contributed by atoms with van der Waals surface area (Å²) >= 11 is 2.07. The van der Waals surface area contributed by atoms with Gasteiger partial charge in [0.05, 0.1) is 0 Å². The van der Waals surface area contributed by atoms with E-state index in [2.05, 4.69) is 51.8 Å². The molecule has 0 fully saturated rings. The molecule has 2 unspecified atom stereocenters. The number of nitrogens with one attached hydrogen (secondary N) is 1. The fourth-order valence-electron chi connectivity index (χ4n) is 0.995. The van der Waals surface area contributed by atoms with Crippen molar-refractivity contribution in [1.29, 1.82) is 0 Å². The molecular formula is C10H23NS. The minimum atomic E-state index is 0.670. The fourth-order valence-corrected chi connectivity index (χ4v) is 2.32. The molecule has 1 nitrogen and oxygen atoms in total. The quantitative estimate of drug-likeness (QED) is 0.689. The van der Waals surface area contributed by atoms with Crippen molar-refractivity contribution in [3.8, 4) is 0 Å². The lowest BCUT2D eigenvalue weighted by Crippen LogP contribution is -2.33. The zero-order valence-electron chi connectivity index (χ0n) is 9.05. The number of hydrogen-bond donors (Lipinski definition) is 1. The monoisotopic (exact) mass is 189 g/mol. The van der Waals surface area contributed by atoms with Crippen LogP contribution in [0.5, 0.6) is 0 Å². The molecule has 0 radical (unpaired) electrons. The molecule has 74 valence electrons. The third-order valence-electron chi connectivity index (χ3n) is 2.31. The lowest BCUT2D eigenvalue weighted by molar-refractivity contribution is 0.465. The van der Waals surface area contributed by atoms with E-state index < -0.39 is 0 Å². The lowest BCUT2D eigenvalue weighted by Gasteiger charge is -2.21. The molecule has 0 aliphatic rings. The summed E-state index contributed by atoms with van der Waals surface area (Å²) in [4.78, 5) is 0. The van der Waals surface area contributed by atoms with Crippen molar-refractivity contribution in [3.05, 3.63) is 0 Å². The molecule has 2 atom stereocenters. The van der Waals surface area contributed by atoms with Crippen LogP contribution in [-0.4, -0.2) is 24.1 Å². The van der Waals surface area contributed by atoms with E-state index in [1.165, 1.54) is 12.2 Å². The molecule has 0 rings (SSSR count).